The first-order chi connectivity index (χ1) is 20.4. The number of carbonyl (C=O) groups is 5. The van der Waals surface area contributed by atoms with Crippen LogP contribution in [0.25, 0.3) is 0 Å². The van der Waals surface area contributed by atoms with Gasteiger partial charge in [-0.3, -0.25) is 24.0 Å². The minimum absolute atomic E-state index is 0.00201. The van der Waals surface area contributed by atoms with E-state index in [1.54, 1.807) is 6.08 Å². The van der Waals surface area contributed by atoms with Gasteiger partial charge in [-0.15, -0.1) is 6.58 Å². The first-order valence-corrected chi connectivity index (χ1v) is 14.2. The summed E-state index contributed by atoms with van der Waals surface area (Å²) in [6.45, 7) is 14.6. The summed E-state index contributed by atoms with van der Waals surface area (Å²) in [4.78, 5) is 58.9. The lowest BCUT2D eigenvalue weighted by atomic mass is 9.95. The second-order valence-corrected chi connectivity index (χ2v) is 10.9. The van der Waals surface area contributed by atoms with E-state index in [9.17, 15) is 29.1 Å². The molecule has 0 bridgehead atoms. The second-order valence-electron chi connectivity index (χ2n) is 10.9. The number of hydrogen-bond acceptors (Lipinski definition) is 13. The molecular formula is C31H46O13. The number of esters is 5. The summed E-state index contributed by atoms with van der Waals surface area (Å²) in [7, 11) is 0. The van der Waals surface area contributed by atoms with Gasteiger partial charge < -0.3 is 38.3 Å². The summed E-state index contributed by atoms with van der Waals surface area (Å²) in [5.41, 5.74) is 0.366. The van der Waals surface area contributed by atoms with E-state index in [0.29, 0.717) is 12.8 Å². The smallest absolute Gasteiger partial charge is 0.303 e. The Morgan fingerprint density at radius 1 is 0.818 bits per heavy atom. The Kier molecular flexibility index (Phi) is 16.0. The lowest BCUT2D eigenvalue weighted by molar-refractivity contribution is -0.315. The zero-order chi connectivity index (χ0) is 33.6. The second kappa shape index (κ2) is 18.3. The van der Waals surface area contributed by atoms with Crippen LogP contribution in [0.2, 0.25) is 0 Å². The van der Waals surface area contributed by atoms with Gasteiger partial charge in [0.2, 0.25) is 0 Å². The summed E-state index contributed by atoms with van der Waals surface area (Å²) in [6.07, 6.45) is -1.31. The number of hydrogen-bond donors (Lipinski definition) is 1. The average Bonchev–Trinajstić information content (AvgIpc) is 2.88. The van der Waals surface area contributed by atoms with Gasteiger partial charge in [-0.1, -0.05) is 23.8 Å². The van der Waals surface area contributed by atoms with E-state index in [-0.39, 0.29) is 19.0 Å². The molecule has 1 rings (SSSR count). The maximum Gasteiger partial charge on any atom is 0.303 e. The van der Waals surface area contributed by atoms with Gasteiger partial charge in [0.1, 0.15) is 19.3 Å². The molecule has 1 N–H and O–H groups in total. The Hall–Kier alpha value is -3.55. The fourth-order valence-electron chi connectivity index (χ4n) is 4.33. The van der Waals surface area contributed by atoms with Crippen molar-refractivity contribution in [2.75, 3.05) is 13.2 Å². The molecule has 0 aromatic heterocycles. The average molecular weight is 627 g/mol. The van der Waals surface area contributed by atoms with Crippen LogP contribution in [0, 0.1) is 0 Å². The molecule has 1 heterocycles. The van der Waals surface area contributed by atoms with Gasteiger partial charge in [0.05, 0.1) is 11.7 Å². The first kappa shape index (κ1) is 38.5. The molecule has 0 saturated carbocycles. The van der Waals surface area contributed by atoms with E-state index in [2.05, 4.69) is 6.58 Å². The van der Waals surface area contributed by atoms with E-state index in [0.717, 1.165) is 31.9 Å². The topological polar surface area (TPSA) is 170 Å². The molecule has 13 nitrogen and oxygen atoms in total. The van der Waals surface area contributed by atoms with Gasteiger partial charge in [-0.05, 0) is 39.2 Å². The summed E-state index contributed by atoms with van der Waals surface area (Å²) in [5.74, 6) is -3.29. The molecule has 0 spiro atoms. The number of ether oxygens (including phenoxy) is 7. The zero-order valence-electron chi connectivity index (χ0n) is 26.8. The summed E-state index contributed by atoms with van der Waals surface area (Å²) in [6, 6.07) is 0. The molecule has 1 fully saturated rings. The van der Waals surface area contributed by atoms with Crippen LogP contribution in [-0.2, 0) is 57.1 Å². The molecule has 0 unspecified atom stereocenters. The van der Waals surface area contributed by atoms with Crippen molar-refractivity contribution >= 4 is 29.8 Å². The molecule has 0 amide bonds. The van der Waals surface area contributed by atoms with E-state index < -0.39 is 72.9 Å². The van der Waals surface area contributed by atoms with Crippen LogP contribution in [0.1, 0.15) is 74.7 Å². The van der Waals surface area contributed by atoms with Crippen LogP contribution in [0.4, 0.5) is 0 Å². The van der Waals surface area contributed by atoms with Crippen molar-refractivity contribution in [1.29, 1.82) is 0 Å². The van der Waals surface area contributed by atoms with Gasteiger partial charge in [0.15, 0.2) is 24.6 Å². The lowest BCUT2D eigenvalue weighted by Crippen LogP contribution is -2.63. The van der Waals surface area contributed by atoms with Crippen molar-refractivity contribution in [3.8, 4) is 0 Å². The first-order valence-electron chi connectivity index (χ1n) is 14.2. The summed E-state index contributed by atoms with van der Waals surface area (Å²) >= 11 is 0. The highest BCUT2D eigenvalue weighted by atomic mass is 16.7. The van der Waals surface area contributed by atoms with Crippen molar-refractivity contribution < 1.29 is 62.2 Å². The van der Waals surface area contributed by atoms with Gasteiger partial charge >= 0.3 is 29.8 Å². The normalized spacial score (nSPS) is 24.2. The van der Waals surface area contributed by atoms with Crippen molar-refractivity contribution in [2.24, 2.45) is 0 Å². The SMILES string of the molecule is C=C[C@@](C)(O)C[C@@H](/C=C(\C)CC/C=C(/C)COC(C)=O)O[C@@H]1O[C@H](COC(C)=O)[C@@H](OC(C)=O)[C@H](OC(C)=O)[C@H]1OC(C)=O. The van der Waals surface area contributed by atoms with Crippen LogP contribution in [0.5, 0.6) is 0 Å². The van der Waals surface area contributed by atoms with Crippen molar-refractivity contribution in [3.63, 3.8) is 0 Å². The third kappa shape index (κ3) is 14.8. The Balaban J connectivity index is 3.46. The minimum Gasteiger partial charge on any atom is -0.463 e. The molecule has 248 valence electrons. The Morgan fingerprint density at radius 2 is 1.36 bits per heavy atom. The maximum atomic E-state index is 12.2. The molecule has 1 saturated heterocycles. The van der Waals surface area contributed by atoms with Crippen LogP contribution in [-0.4, -0.2) is 90.6 Å². The number of carbonyl (C=O) groups excluding carboxylic acids is 5. The number of rotatable bonds is 16. The van der Waals surface area contributed by atoms with Crippen LogP contribution < -0.4 is 0 Å². The van der Waals surface area contributed by atoms with Crippen LogP contribution >= 0.6 is 0 Å². The predicted molar refractivity (Wildman–Crippen MR) is 156 cm³/mol. The van der Waals surface area contributed by atoms with Gasteiger partial charge in [0.25, 0.3) is 0 Å². The van der Waals surface area contributed by atoms with Crippen molar-refractivity contribution in [2.45, 2.75) is 117 Å². The standard InChI is InChI=1S/C31H46O13/c1-10-31(9,37)15-25(14-18(2)12-11-13-19(3)16-38-20(4)32)43-30-29(42-24(8)36)28(41-23(7)35)27(40-22(6)34)26(44-30)17-39-21(5)33/h10,13-14,25-30,37H,1,11-12,15-17H2,2-9H3/b18-14+,19-13-/t25-,26-,27-,28+,29-,30-,31-/m1/s1. The molecule has 13 heteroatoms. The Bertz CT molecular complexity index is 1090. The molecule has 7 atom stereocenters. The largest absolute Gasteiger partial charge is 0.463 e. The van der Waals surface area contributed by atoms with Gasteiger partial charge in [-0.25, -0.2) is 0 Å². The zero-order valence-corrected chi connectivity index (χ0v) is 26.8. The highest BCUT2D eigenvalue weighted by Gasteiger charge is 2.53. The van der Waals surface area contributed by atoms with Gasteiger partial charge in [0, 0.05) is 41.0 Å². The van der Waals surface area contributed by atoms with Crippen LogP contribution in [0.15, 0.2) is 36.0 Å². The number of allylic oxidation sites excluding steroid dienone is 2. The predicted octanol–water partition coefficient (Wildman–Crippen LogP) is 3.02. The molecule has 44 heavy (non-hydrogen) atoms. The van der Waals surface area contributed by atoms with Gasteiger partial charge in [-0.2, -0.15) is 0 Å². The molecule has 0 aromatic rings. The Labute approximate surface area is 258 Å². The monoisotopic (exact) mass is 626 g/mol. The van der Waals surface area contributed by atoms with Crippen molar-refractivity contribution in [1.82, 2.24) is 0 Å². The van der Waals surface area contributed by atoms with E-state index in [1.807, 2.05) is 19.9 Å². The molecular weight excluding hydrogens is 580 g/mol. The van der Waals surface area contributed by atoms with E-state index in [4.69, 9.17) is 33.2 Å². The fraction of sp³-hybridized carbons (Fsp3) is 0.645. The minimum atomic E-state index is -1.42. The quantitative estimate of drug-likeness (QED) is 0.151. The summed E-state index contributed by atoms with van der Waals surface area (Å²) in [5, 5.41) is 10.8. The molecule has 1 aliphatic heterocycles. The number of aliphatic hydroxyl groups is 1. The molecule has 0 aliphatic carbocycles. The maximum absolute atomic E-state index is 12.2. The van der Waals surface area contributed by atoms with E-state index >= 15 is 0 Å². The fourth-order valence-corrected chi connectivity index (χ4v) is 4.33. The summed E-state index contributed by atoms with van der Waals surface area (Å²) < 4.78 is 38.8. The van der Waals surface area contributed by atoms with E-state index in [1.165, 1.54) is 26.8 Å². The van der Waals surface area contributed by atoms with Crippen LogP contribution in [0.3, 0.4) is 0 Å². The molecule has 0 aromatic carbocycles. The highest BCUT2D eigenvalue weighted by molar-refractivity contribution is 5.69. The molecule has 1 aliphatic rings. The lowest BCUT2D eigenvalue weighted by Gasteiger charge is -2.45. The third-order valence-electron chi connectivity index (χ3n) is 6.32. The third-order valence-corrected chi connectivity index (χ3v) is 6.32. The Morgan fingerprint density at radius 3 is 1.89 bits per heavy atom. The molecule has 0 radical (unpaired) electrons. The van der Waals surface area contributed by atoms with Crippen molar-refractivity contribution in [3.05, 3.63) is 36.0 Å². The highest BCUT2D eigenvalue weighted by Crippen LogP contribution is 2.32.